The average molecular weight is 400 g/mol. The minimum Gasteiger partial charge on any atom is -0.455 e. The molecule has 1 amide bonds. The van der Waals surface area contributed by atoms with Crippen LogP contribution in [0.4, 0.5) is 9.52 Å². The smallest absolute Gasteiger partial charge is 0.290 e. The molecule has 7 nitrogen and oxygen atoms in total. The van der Waals surface area contributed by atoms with E-state index in [-0.39, 0.29) is 5.82 Å². The lowest BCUT2D eigenvalue weighted by atomic mass is 10.1. The zero-order valence-electron chi connectivity index (χ0n) is 14.8. The van der Waals surface area contributed by atoms with Gasteiger partial charge in [-0.15, -0.1) is 11.3 Å². The van der Waals surface area contributed by atoms with E-state index in [0.717, 1.165) is 18.2 Å². The summed E-state index contributed by atoms with van der Waals surface area (Å²) in [6.45, 7) is 2.83. The second-order valence-electron chi connectivity index (χ2n) is 6.00. The molecular formula is C19H17FN4O3S. The van der Waals surface area contributed by atoms with E-state index in [1.54, 1.807) is 35.7 Å². The molecular weight excluding hydrogens is 383 g/mol. The van der Waals surface area contributed by atoms with Crippen LogP contribution in [-0.4, -0.2) is 43.4 Å². The molecule has 3 heterocycles. The van der Waals surface area contributed by atoms with E-state index in [2.05, 4.69) is 20.4 Å². The maximum Gasteiger partial charge on any atom is 0.290 e. The van der Waals surface area contributed by atoms with Gasteiger partial charge in [-0.05, 0) is 24.3 Å². The van der Waals surface area contributed by atoms with Crippen molar-refractivity contribution in [2.75, 3.05) is 31.2 Å². The van der Waals surface area contributed by atoms with Crippen molar-refractivity contribution in [3.05, 3.63) is 59.0 Å². The minimum absolute atomic E-state index is 0.301. The van der Waals surface area contributed by atoms with Crippen molar-refractivity contribution < 1.29 is 18.3 Å². The fourth-order valence-corrected chi connectivity index (χ4v) is 3.57. The number of morpholine rings is 1. The van der Waals surface area contributed by atoms with Crippen molar-refractivity contribution in [2.45, 2.75) is 0 Å². The SMILES string of the molecule is O=C(N/N=C\c1ccc(-c2ccccc2F)o1)c1csc(N2CCOCC2)n1. The maximum absolute atomic E-state index is 13.8. The molecule has 0 atom stereocenters. The Labute approximate surface area is 164 Å². The number of nitrogens with one attached hydrogen (secondary N) is 1. The van der Waals surface area contributed by atoms with Crippen LogP contribution in [0, 0.1) is 5.82 Å². The van der Waals surface area contributed by atoms with Gasteiger partial charge in [-0.2, -0.15) is 5.10 Å². The number of hydrogen-bond acceptors (Lipinski definition) is 7. The third-order valence-corrected chi connectivity index (χ3v) is 5.03. The molecule has 1 aliphatic heterocycles. The number of anilines is 1. The van der Waals surface area contributed by atoms with Gasteiger partial charge in [-0.3, -0.25) is 4.79 Å². The molecule has 1 aliphatic rings. The Balaban J connectivity index is 1.37. The fourth-order valence-electron chi connectivity index (χ4n) is 2.71. The number of amides is 1. The summed E-state index contributed by atoms with van der Waals surface area (Å²) in [5, 5.41) is 6.37. The van der Waals surface area contributed by atoms with Gasteiger partial charge >= 0.3 is 0 Å². The zero-order chi connectivity index (χ0) is 19.3. The molecule has 0 unspecified atom stereocenters. The van der Waals surface area contributed by atoms with Crippen LogP contribution in [0.2, 0.25) is 0 Å². The lowest BCUT2D eigenvalue weighted by Crippen LogP contribution is -2.36. The molecule has 1 N–H and O–H groups in total. The summed E-state index contributed by atoms with van der Waals surface area (Å²) in [4.78, 5) is 18.6. The van der Waals surface area contributed by atoms with Crippen LogP contribution in [0.5, 0.6) is 0 Å². The summed E-state index contributed by atoms with van der Waals surface area (Å²) in [6, 6.07) is 9.64. The monoisotopic (exact) mass is 400 g/mol. The molecule has 3 aromatic rings. The lowest BCUT2D eigenvalue weighted by molar-refractivity contribution is 0.0951. The average Bonchev–Trinajstić information content (AvgIpc) is 3.39. The first kappa shape index (κ1) is 18.3. The van der Waals surface area contributed by atoms with Crippen LogP contribution in [0.25, 0.3) is 11.3 Å². The highest BCUT2D eigenvalue weighted by molar-refractivity contribution is 7.13. The molecule has 0 bridgehead atoms. The first-order chi connectivity index (χ1) is 13.7. The minimum atomic E-state index is -0.409. The van der Waals surface area contributed by atoms with Crippen LogP contribution in [0.3, 0.4) is 0 Å². The molecule has 0 radical (unpaired) electrons. The molecule has 1 saturated heterocycles. The Hall–Kier alpha value is -3.04. The predicted molar refractivity (Wildman–Crippen MR) is 104 cm³/mol. The van der Waals surface area contributed by atoms with Crippen LogP contribution < -0.4 is 10.3 Å². The highest BCUT2D eigenvalue weighted by atomic mass is 32.1. The number of aromatic nitrogens is 1. The summed E-state index contributed by atoms with van der Waals surface area (Å²) in [6.07, 6.45) is 1.36. The van der Waals surface area contributed by atoms with Gasteiger partial charge in [0.15, 0.2) is 5.13 Å². The van der Waals surface area contributed by atoms with E-state index in [1.807, 2.05) is 0 Å². The number of thiazole rings is 1. The molecule has 1 fully saturated rings. The first-order valence-corrected chi connectivity index (χ1v) is 9.55. The number of hydrazone groups is 1. The van der Waals surface area contributed by atoms with E-state index in [4.69, 9.17) is 9.15 Å². The van der Waals surface area contributed by atoms with Crippen LogP contribution >= 0.6 is 11.3 Å². The van der Waals surface area contributed by atoms with Gasteiger partial charge < -0.3 is 14.1 Å². The molecule has 0 spiro atoms. The van der Waals surface area contributed by atoms with E-state index in [1.165, 1.54) is 23.6 Å². The quantitative estimate of drug-likeness (QED) is 0.526. The second kappa shape index (κ2) is 8.32. The normalized spacial score (nSPS) is 14.5. The highest BCUT2D eigenvalue weighted by Crippen LogP contribution is 2.24. The van der Waals surface area contributed by atoms with E-state index in [0.29, 0.717) is 36.0 Å². The number of rotatable bonds is 5. The van der Waals surface area contributed by atoms with E-state index < -0.39 is 5.91 Å². The summed E-state index contributed by atoms with van der Waals surface area (Å²) in [7, 11) is 0. The van der Waals surface area contributed by atoms with Crippen molar-refractivity contribution >= 4 is 28.6 Å². The van der Waals surface area contributed by atoms with E-state index in [9.17, 15) is 9.18 Å². The van der Waals surface area contributed by atoms with Crippen molar-refractivity contribution in [1.29, 1.82) is 0 Å². The lowest BCUT2D eigenvalue weighted by Gasteiger charge is -2.25. The van der Waals surface area contributed by atoms with Gasteiger partial charge in [0, 0.05) is 18.5 Å². The van der Waals surface area contributed by atoms with Crippen LogP contribution in [0.1, 0.15) is 16.2 Å². The van der Waals surface area contributed by atoms with Gasteiger partial charge in [0.1, 0.15) is 23.0 Å². The van der Waals surface area contributed by atoms with Crippen LogP contribution in [0.15, 0.2) is 51.3 Å². The Kier molecular flexibility index (Phi) is 5.45. The van der Waals surface area contributed by atoms with Crippen molar-refractivity contribution in [2.24, 2.45) is 5.10 Å². The molecule has 4 rings (SSSR count). The number of carbonyl (C=O) groups excluding carboxylic acids is 1. The predicted octanol–water partition coefficient (Wildman–Crippen LogP) is 3.14. The second-order valence-corrected chi connectivity index (χ2v) is 6.83. The molecule has 28 heavy (non-hydrogen) atoms. The first-order valence-electron chi connectivity index (χ1n) is 8.67. The summed E-state index contributed by atoms with van der Waals surface area (Å²) in [5.41, 5.74) is 3.09. The number of carbonyl (C=O) groups is 1. The Bertz CT molecular complexity index is 994. The Morgan fingerprint density at radius 2 is 2.07 bits per heavy atom. The molecule has 2 aromatic heterocycles. The third-order valence-electron chi connectivity index (χ3n) is 4.13. The van der Waals surface area contributed by atoms with Crippen molar-refractivity contribution in [3.63, 3.8) is 0 Å². The largest absolute Gasteiger partial charge is 0.455 e. The molecule has 1 aromatic carbocycles. The number of furan rings is 1. The van der Waals surface area contributed by atoms with Gasteiger partial charge in [-0.25, -0.2) is 14.8 Å². The Morgan fingerprint density at radius 3 is 2.89 bits per heavy atom. The fraction of sp³-hybridized carbons (Fsp3) is 0.211. The maximum atomic E-state index is 13.8. The highest BCUT2D eigenvalue weighted by Gasteiger charge is 2.17. The van der Waals surface area contributed by atoms with Gasteiger partial charge in [0.05, 0.1) is 25.0 Å². The standard InChI is InChI=1S/C19H17FN4O3S/c20-15-4-2-1-3-14(15)17-6-5-13(27-17)11-21-23-18(25)16-12-28-19(22-16)24-7-9-26-10-8-24/h1-6,11-12H,7-10H2,(H,23,25)/b21-11-. The van der Waals surface area contributed by atoms with Crippen LogP contribution in [-0.2, 0) is 4.74 Å². The number of nitrogens with zero attached hydrogens (tertiary/aromatic N) is 3. The molecule has 9 heteroatoms. The summed E-state index contributed by atoms with van der Waals surface area (Å²) >= 11 is 1.41. The van der Waals surface area contributed by atoms with E-state index >= 15 is 0 Å². The number of ether oxygens (including phenoxy) is 1. The summed E-state index contributed by atoms with van der Waals surface area (Å²) < 4.78 is 24.7. The van der Waals surface area contributed by atoms with Gasteiger partial charge in [-0.1, -0.05) is 12.1 Å². The Morgan fingerprint density at radius 1 is 1.25 bits per heavy atom. The number of benzene rings is 1. The molecule has 0 saturated carbocycles. The zero-order valence-corrected chi connectivity index (χ0v) is 15.6. The van der Waals surface area contributed by atoms with Gasteiger partial charge in [0.2, 0.25) is 0 Å². The molecule has 0 aliphatic carbocycles. The summed E-state index contributed by atoms with van der Waals surface area (Å²) in [5.74, 6) is 0.00695. The topological polar surface area (TPSA) is 80.0 Å². The third kappa shape index (κ3) is 4.10. The van der Waals surface area contributed by atoms with Gasteiger partial charge in [0.25, 0.3) is 5.91 Å². The van der Waals surface area contributed by atoms with Crippen molar-refractivity contribution in [3.8, 4) is 11.3 Å². The van der Waals surface area contributed by atoms with Crippen molar-refractivity contribution in [1.82, 2.24) is 10.4 Å². The molecule has 144 valence electrons. The number of hydrogen-bond donors (Lipinski definition) is 1. The number of halogens is 1.